The molecule has 30 heavy (non-hydrogen) atoms. The van der Waals surface area contributed by atoms with Gasteiger partial charge in [-0.05, 0) is 57.0 Å². The molecule has 7 nitrogen and oxygen atoms in total. The fourth-order valence-electron chi connectivity index (χ4n) is 4.22. The van der Waals surface area contributed by atoms with Gasteiger partial charge in [-0.3, -0.25) is 19.5 Å². The molecule has 3 heterocycles. The molecule has 3 aromatic rings. The summed E-state index contributed by atoms with van der Waals surface area (Å²) in [4.78, 5) is 15.2. The number of aromatic amines is 1. The molecule has 1 fully saturated rings. The first-order chi connectivity index (χ1) is 14.5. The SMILES string of the molecule is Cc1nn(C)c(C)c1-c1cc(C(=O)NCc2ccccc2CN2CCCCC2)[nH]n1. The summed E-state index contributed by atoms with van der Waals surface area (Å²) in [6.45, 7) is 7.72. The smallest absolute Gasteiger partial charge is 0.269 e. The number of likely N-dealkylation sites (tertiary alicyclic amines) is 1. The number of aryl methyl sites for hydroxylation is 2. The maximum atomic E-state index is 12.7. The third-order valence-electron chi connectivity index (χ3n) is 5.99. The lowest BCUT2D eigenvalue weighted by atomic mass is 10.0. The van der Waals surface area contributed by atoms with Crippen molar-refractivity contribution >= 4 is 5.91 Å². The van der Waals surface area contributed by atoms with E-state index in [0.717, 1.165) is 47.8 Å². The fourth-order valence-corrected chi connectivity index (χ4v) is 4.22. The standard InChI is InChI=1S/C23H30N6O/c1-16-22(17(2)28(3)27-16)20-13-21(26-25-20)23(30)24-14-18-9-5-6-10-19(18)15-29-11-7-4-8-12-29/h5-6,9-10,13H,4,7-8,11-12,14-15H2,1-3H3,(H,24,30)(H,25,26). The third kappa shape index (κ3) is 4.31. The van der Waals surface area contributed by atoms with Crippen molar-refractivity contribution in [3.63, 3.8) is 0 Å². The van der Waals surface area contributed by atoms with Crippen LogP contribution < -0.4 is 5.32 Å². The maximum Gasteiger partial charge on any atom is 0.269 e. The van der Waals surface area contributed by atoms with E-state index in [2.05, 4.69) is 43.7 Å². The number of benzene rings is 1. The number of aromatic nitrogens is 4. The van der Waals surface area contributed by atoms with Crippen molar-refractivity contribution in [3.05, 3.63) is 58.5 Å². The summed E-state index contributed by atoms with van der Waals surface area (Å²) in [5, 5.41) is 14.7. The number of nitrogens with zero attached hydrogens (tertiary/aromatic N) is 4. The van der Waals surface area contributed by atoms with Crippen LogP contribution in [0.1, 0.15) is 52.3 Å². The van der Waals surface area contributed by atoms with Crippen LogP contribution in [-0.2, 0) is 20.1 Å². The van der Waals surface area contributed by atoms with Crippen LogP contribution in [-0.4, -0.2) is 43.9 Å². The van der Waals surface area contributed by atoms with E-state index in [4.69, 9.17) is 0 Å². The van der Waals surface area contributed by atoms with Gasteiger partial charge >= 0.3 is 0 Å². The molecule has 4 rings (SSSR count). The van der Waals surface area contributed by atoms with Crippen molar-refractivity contribution in [2.24, 2.45) is 7.05 Å². The van der Waals surface area contributed by atoms with E-state index in [1.165, 1.54) is 24.8 Å². The minimum Gasteiger partial charge on any atom is -0.347 e. The van der Waals surface area contributed by atoms with Crippen molar-refractivity contribution in [3.8, 4) is 11.3 Å². The van der Waals surface area contributed by atoms with Crippen LogP contribution in [0.2, 0.25) is 0 Å². The second-order valence-corrected chi connectivity index (χ2v) is 8.12. The van der Waals surface area contributed by atoms with Crippen LogP contribution in [0.25, 0.3) is 11.3 Å². The summed E-state index contributed by atoms with van der Waals surface area (Å²) >= 11 is 0. The number of piperidine rings is 1. The molecule has 0 atom stereocenters. The number of hydrogen-bond acceptors (Lipinski definition) is 4. The van der Waals surface area contributed by atoms with Crippen molar-refractivity contribution in [1.82, 2.24) is 30.2 Å². The molecule has 1 aliphatic heterocycles. The van der Waals surface area contributed by atoms with Gasteiger partial charge in [0, 0.05) is 31.4 Å². The number of carbonyl (C=O) groups excluding carboxylic acids is 1. The monoisotopic (exact) mass is 406 g/mol. The molecular weight excluding hydrogens is 376 g/mol. The predicted molar refractivity (Wildman–Crippen MR) is 117 cm³/mol. The van der Waals surface area contributed by atoms with Crippen LogP contribution >= 0.6 is 0 Å². The molecular formula is C23H30N6O. The first kappa shape index (κ1) is 20.3. The zero-order valence-corrected chi connectivity index (χ0v) is 18.0. The molecule has 0 bridgehead atoms. The van der Waals surface area contributed by atoms with Gasteiger partial charge in [0.1, 0.15) is 5.69 Å². The Balaban J connectivity index is 1.43. The highest BCUT2D eigenvalue weighted by Gasteiger charge is 2.18. The number of rotatable bonds is 6. The van der Waals surface area contributed by atoms with Crippen LogP contribution in [0, 0.1) is 13.8 Å². The normalized spacial score (nSPS) is 14.8. The minimum absolute atomic E-state index is 0.152. The topological polar surface area (TPSA) is 78.8 Å². The Kier molecular flexibility index (Phi) is 5.99. The second-order valence-electron chi connectivity index (χ2n) is 8.12. The van der Waals surface area contributed by atoms with Gasteiger partial charge in [-0.25, -0.2) is 0 Å². The van der Waals surface area contributed by atoms with Crippen molar-refractivity contribution in [1.29, 1.82) is 0 Å². The fraction of sp³-hybridized carbons (Fsp3) is 0.435. The second kappa shape index (κ2) is 8.83. The highest BCUT2D eigenvalue weighted by Crippen LogP contribution is 2.25. The molecule has 0 radical (unpaired) electrons. The summed E-state index contributed by atoms with van der Waals surface area (Å²) in [5.41, 5.74) is 6.55. The first-order valence-electron chi connectivity index (χ1n) is 10.7. The molecule has 0 unspecified atom stereocenters. The van der Waals surface area contributed by atoms with Crippen LogP contribution in [0.4, 0.5) is 0 Å². The zero-order valence-electron chi connectivity index (χ0n) is 18.0. The maximum absolute atomic E-state index is 12.7. The number of carbonyl (C=O) groups is 1. The Morgan fingerprint density at radius 3 is 2.57 bits per heavy atom. The van der Waals surface area contributed by atoms with E-state index < -0.39 is 0 Å². The van der Waals surface area contributed by atoms with E-state index >= 15 is 0 Å². The number of hydrogen-bond donors (Lipinski definition) is 2. The molecule has 158 valence electrons. The molecule has 7 heteroatoms. The zero-order chi connectivity index (χ0) is 21.1. The lowest BCUT2D eigenvalue weighted by Crippen LogP contribution is -2.30. The Morgan fingerprint density at radius 1 is 1.13 bits per heavy atom. The van der Waals surface area contributed by atoms with E-state index in [0.29, 0.717) is 12.2 Å². The van der Waals surface area contributed by atoms with Gasteiger partial charge in [-0.15, -0.1) is 0 Å². The van der Waals surface area contributed by atoms with Gasteiger partial charge in [0.15, 0.2) is 0 Å². The van der Waals surface area contributed by atoms with Gasteiger partial charge in [0.25, 0.3) is 5.91 Å². The molecule has 0 aliphatic carbocycles. The third-order valence-corrected chi connectivity index (χ3v) is 5.99. The summed E-state index contributed by atoms with van der Waals surface area (Å²) in [6, 6.07) is 10.2. The lowest BCUT2D eigenvalue weighted by Gasteiger charge is -2.27. The highest BCUT2D eigenvalue weighted by molar-refractivity contribution is 5.93. The Hall–Kier alpha value is -2.93. The van der Waals surface area contributed by atoms with Gasteiger partial charge in [-0.2, -0.15) is 10.2 Å². The minimum atomic E-state index is -0.152. The predicted octanol–water partition coefficient (Wildman–Crippen LogP) is 3.34. The number of amides is 1. The van der Waals surface area contributed by atoms with Crippen LogP contribution in [0.5, 0.6) is 0 Å². The Bertz CT molecular complexity index is 1030. The average molecular weight is 407 g/mol. The molecule has 0 saturated carbocycles. The van der Waals surface area contributed by atoms with Gasteiger partial charge in [-0.1, -0.05) is 30.7 Å². The highest BCUT2D eigenvalue weighted by atomic mass is 16.1. The summed E-state index contributed by atoms with van der Waals surface area (Å²) in [7, 11) is 1.91. The van der Waals surface area contributed by atoms with Crippen LogP contribution in [0.15, 0.2) is 30.3 Å². The molecule has 1 aliphatic rings. The molecule has 2 aromatic heterocycles. The van der Waals surface area contributed by atoms with Gasteiger partial charge in [0.2, 0.25) is 0 Å². The molecule has 1 amide bonds. The van der Waals surface area contributed by atoms with Crippen molar-refractivity contribution < 1.29 is 4.79 Å². The largest absolute Gasteiger partial charge is 0.347 e. The van der Waals surface area contributed by atoms with E-state index in [9.17, 15) is 4.79 Å². The van der Waals surface area contributed by atoms with Gasteiger partial charge < -0.3 is 5.32 Å². The van der Waals surface area contributed by atoms with E-state index in [1.54, 1.807) is 6.07 Å². The lowest BCUT2D eigenvalue weighted by molar-refractivity contribution is 0.0945. The summed E-state index contributed by atoms with van der Waals surface area (Å²) in [6.07, 6.45) is 3.88. The Labute approximate surface area is 177 Å². The van der Waals surface area contributed by atoms with Crippen molar-refractivity contribution in [2.75, 3.05) is 13.1 Å². The molecule has 0 spiro atoms. The molecule has 1 aromatic carbocycles. The summed E-state index contributed by atoms with van der Waals surface area (Å²) in [5.74, 6) is -0.152. The quantitative estimate of drug-likeness (QED) is 0.658. The van der Waals surface area contributed by atoms with E-state index in [1.807, 2.05) is 31.6 Å². The average Bonchev–Trinajstić information content (AvgIpc) is 3.32. The van der Waals surface area contributed by atoms with Crippen LogP contribution in [0.3, 0.4) is 0 Å². The molecule has 1 saturated heterocycles. The molecule has 2 N–H and O–H groups in total. The van der Waals surface area contributed by atoms with Crippen molar-refractivity contribution in [2.45, 2.75) is 46.2 Å². The van der Waals surface area contributed by atoms with E-state index in [-0.39, 0.29) is 5.91 Å². The number of H-pyrrole nitrogens is 1. The van der Waals surface area contributed by atoms with Gasteiger partial charge in [0.05, 0.1) is 11.4 Å². The number of nitrogens with one attached hydrogen (secondary N) is 2. The summed E-state index contributed by atoms with van der Waals surface area (Å²) < 4.78 is 1.83. The Morgan fingerprint density at radius 2 is 1.87 bits per heavy atom. The first-order valence-corrected chi connectivity index (χ1v) is 10.7.